The minimum atomic E-state index is -3.32. The number of anilines is 1. The number of hydrogen-bond donors (Lipinski definition) is 3. The second kappa shape index (κ2) is 8.79. The number of aliphatic hydroxyl groups excluding tert-OH is 1. The molecule has 3 atom stereocenters. The number of aromatic amines is 1. The Morgan fingerprint density at radius 1 is 1.28 bits per heavy atom. The Bertz CT molecular complexity index is 1220. The van der Waals surface area contributed by atoms with E-state index in [4.69, 9.17) is 9.51 Å². The molecule has 0 aliphatic carbocycles. The second-order valence-corrected chi connectivity index (χ2v) is 10.7. The Balaban J connectivity index is 1.73. The van der Waals surface area contributed by atoms with Crippen LogP contribution in [-0.2, 0) is 15.7 Å². The van der Waals surface area contributed by atoms with Crippen LogP contribution in [0.5, 0.6) is 0 Å². The zero-order chi connectivity index (χ0) is 23.0. The summed E-state index contributed by atoms with van der Waals surface area (Å²) in [7, 11) is -1.49. The molecule has 1 aliphatic rings. The van der Waals surface area contributed by atoms with Crippen LogP contribution in [0.15, 0.2) is 36.4 Å². The van der Waals surface area contributed by atoms with Gasteiger partial charge in [0.25, 0.3) is 0 Å². The van der Waals surface area contributed by atoms with Crippen LogP contribution in [0, 0.1) is 13.8 Å². The highest BCUT2D eigenvalue weighted by molar-refractivity contribution is 7.67. The van der Waals surface area contributed by atoms with Gasteiger partial charge in [-0.05, 0) is 70.6 Å². The van der Waals surface area contributed by atoms with Crippen LogP contribution in [0.25, 0.3) is 16.3 Å². The number of aryl methyl sites for hydroxylation is 2. The van der Waals surface area contributed by atoms with E-state index in [1.165, 1.54) is 0 Å². The molecule has 0 radical (unpaired) electrons. The normalized spacial score (nSPS) is 24.4. The lowest BCUT2D eigenvalue weighted by atomic mass is 10.2. The van der Waals surface area contributed by atoms with Crippen molar-refractivity contribution in [3.8, 4) is 0 Å². The van der Waals surface area contributed by atoms with E-state index in [0.29, 0.717) is 17.7 Å². The number of imidazole rings is 1. The van der Waals surface area contributed by atoms with E-state index < -0.39 is 7.52 Å². The summed E-state index contributed by atoms with van der Waals surface area (Å²) in [5, 5.41) is 13.3. The second-order valence-electron chi connectivity index (χ2n) is 8.30. The molecular weight excluding hydrogens is 425 g/mol. The van der Waals surface area contributed by atoms with Crippen molar-refractivity contribution in [3.05, 3.63) is 59.2 Å². The van der Waals surface area contributed by atoms with Crippen molar-refractivity contribution in [1.82, 2.24) is 19.6 Å². The Morgan fingerprint density at radius 3 is 2.72 bits per heavy atom. The van der Waals surface area contributed by atoms with E-state index in [1.54, 1.807) is 0 Å². The molecular formula is C23H30N5O3P. The van der Waals surface area contributed by atoms with E-state index >= 15 is 0 Å². The van der Waals surface area contributed by atoms with E-state index in [2.05, 4.69) is 15.3 Å². The first-order valence-electron chi connectivity index (χ1n) is 10.7. The number of benzene rings is 1. The first-order chi connectivity index (χ1) is 15.2. The van der Waals surface area contributed by atoms with Gasteiger partial charge in [-0.25, -0.2) is 9.65 Å². The van der Waals surface area contributed by atoms with Crippen LogP contribution in [-0.4, -0.2) is 50.5 Å². The number of aliphatic hydroxyl groups is 1. The summed E-state index contributed by atoms with van der Waals surface area (Å²) >= 11 is 0. The lowest BCUT2D eigenvalue weighted by Crippen LogP contribution is -2.26. The average Bonchev–Trinajstić information content (AvgIpc) is 3.26. The third-order valence-electron chi connectivity index (χ3n) is 6.08. The van der Waals surface area contributed by atoms with E-state index in [9.17, 15) is 9.67 Å². The van der Waals surface area contributed by atoms with Gasteiger partial charge in [-0.15, -0.1) is 0 Å². The first-order valence-corrected chi connectivity index (χ1v) is 12.3. The summed E-state index contributed by atoms with van der Waals surface area (Å²) in [6.45, 7) is 8.24. The number of rotatable bonds is 6. The zero-order valence-corrected chi connectivity index (χ0v) is 20.0. The predicted molar refractivity (Wildman–Crippen MR) is 128 cm³/mol. The van der Waals surface area contributed by atoms with E-state index in [1.807, 2.05) is 75.8 Å². The summed E-state index contributed by atoms with van der Waals surface area (Å²) in [5.41, 5.74) is 5.09. The predicted octanol–water partition coefficient (Wildman–Crippen LogP) is 4.45. The molecule has 9 heteroatoms. The lowest BCUT2D eigenvalue weighted by Gasteiger charge is -2.22. The van der Waals surface area contributed by atoms with Gasteiger partial charge in [0.1, 0.15) is 5.82 Å². The van der Waals surface area contributed by atoms with Crippen LogP contribution in [0.3, 0.4) is 0 Å². The summed E-state index contributed by atoms with van der Waals surface area (Å²) < 4.78 is 22.0. The van der Waals surface area contributed by atoms with Crippen molar-refractivity contribution in [2.75, 3.05) is 18.9 Å². The molecule has 2 unspecified atom stereocenters. The number of likely N-dealkylation sites (N-methyl/N-ethyl adjacent to an activating group) is 1. The highest BCUT2D eigenvalue weighted by Gasteiger charge is 2.47. The maximum Gasteiger partial charge on any atom is 0.306 e. The average molecular weight is 455 g/mol. The molecule has 0 amide bonds. The smallest absolute Gasteiger partial charge is 0.306 e. The fourth-order valence-corrected chi connectivity index (χ4v) is 6.50. The summed E-state index contributed by atoms with van der Waals surface area (Å²) in [4.78, 5) is 12.5. The van der Waals surface area contributed by atoms with Crippen LogP contribution in [0.2, 0.25) is 0 Å². The van der Waals surface area contributed by atoms with Crippen LogP contribution >= 0.6 is 7.52 Å². The molecule has 3 N–H and O–H groups in total. The van der Waals surface area contributed by atoms with Crippen molar-refractivity contribution >= 4 is 29.6 Å². The fourth-order valence-electron chi connectivity index (χ4n) is 3.91. The highest BCUT2D eigenvalue weighted by atomic mass is 31.2. The lowest BCUT2D eigenvalue weighted by molar-refractivity contribution is 0.229. The molecule has 8 nitrogen and oxygen atoms in total. The molecule has 1 saturated heterocycles. The molecule has 4 rings (SSSR count). The van der Waals surface area contributed by atoms with Crippen molar-refractivity contribution in [3.63, 3.8) is 0 Å². The molecule has 1 fully saturated rings. The molecule has 1 aromatic carbocycles. The van der Waals surface area contributed by atoms with Crippen molar-refractivity contribution in [2.45, 2.75) is 46.4 Å². The van der Waals surface area contributed by atoms with Gasteiger partial charge in [0.2, 0.25) is 0 Å². The number of nitrogens with one attached hydrogen (secondary N) is 2. The number of nitrogens with zero attached hydrogens (tertiary/aromatic N) is 3. The van der Waals surface area contributed by atoms with Gasteiger partial charge < -0.3 is 19.9 Å². The molecule has 2 aromatic heterocycles. The molecule has 32 heavy (non-hydrogen) atoms. The first kappa shape index (κ1) is 22.7. The van der Waals surface area contributed by atoms with Crippen LogP contribution < -0.4 is 5.32 Å². The van der Waals surface area contributed by atoms with Gasteiger partial charge >= 0.3 is 7.52 Å². The zero-order valence-electron chi connectivity index (χ0n) is 19.1. The fraction of sp³-hybridized carbons (Fsp3) is 0.391. The molecule has 0 saturated carbocycles. The Hall–Kier alpha value is -2.51. The standard InChI is InChI=1S/C23H30N5O3P/c1-14-6-8-19(15(2)25-14)24-11-10-22(32(30)28(5)16(3)17(4)31-32)23-26-20-9-7-18(13-29)12-21(20)27-23/h6-10,12,16-17,24,29H,11,13H2,1-5H3,(H,26,27)/b22-10-/t16?,17-,32?/m0/s1. The minimum absolute atomic E-state index is 0.00565. The number of pyridine rings is 1. The van der Waals surface area contributed by atoms with Crippen LogP contribution in [0.4, 0.5) is 5.69 Å². The molecule has 3 heterocycles. The number of fused-ring (bicyclic) bond motifs is 1. The molecule has 170 valence electrons. The maximum absolute atomic E-state index is 14.1. The van der Waals surface area contributed by atoms with E-state index in [-0.39, 0.29) is 18.8 Å². The number of H-pyrrole nitrogens is 1. The molecule has 3 aromatic rings. The van der Waals surface area contributed by atoms with Crippen molar-refractivity contribution < 1.29 is 14.2 Å². The summed E-state index contributed by atoms with van der Waals surface area (Å²) in [6.07, 6.45) is 1.71. The summed E-state index contributed by atoms with van der Waals surface area (Å²) in [6, 6.07) is 9.48. The highest BCUT2D eigenvalue weighted by Crippen LogP contribution is 2.66. The number of hydrogen-bond acceptors (Lipinski definition) is 6. The van der Waals surface area contributed by atoms with Gasteiger partial charge in [0.05, 0.1) is 40.4 Å². The van der Waals surface area contributed by atoms with Gasteiger partial charge in [-0.1, -0.05) is 6.07 Å². The minimum Gasteiger partial charge on any atom is -0.392 e. The maximum atomic E-state index is 14.1. The monoisotopic (exact) mass is 455 g/mol. The van der Waals surface area contributed by atoms with Gasteiger partial charge in [-0.3, -0.25) is 9.55 Å². The van der Waals surface area contributed by atoms with Crippen molar-refractivity contribution in [2.24, 2.45) is 0 Å². The van der Waals surface area contributed by atoms with Gasteiger partial charge in [-0.2, -0.15) is 0 Å². The van der Waals surface area contributed by atoms with Crippen LogP contribution in [0.1, 0.15) is 36.6 Å². The Kier molecular flexibility index (Phi) is 6.23. The largest absolute Gasteiger partial charge is 0.392 e. The SMILES string of the molecule is Cc1ccc(NC/C=C(/c2nc3ccc(CO)cc3[nH]2)P2(=O)O[C@@H](C)C(C)N2C)c(C)n1. The van der Waals surface area contributed by atoms with Gasteiger partial charge in [0, 0.05) is 18.3 Å². The van der Waals surface area contributed by atoms with E-state index in [0.717, 1.165) is 33.7 Å². The Morgan fingerprint density at radius 2 is 2.06 bits per heavy atom. The molecule has 1 aliphatic heterocycles. The third-order valence-corrected chi connectivity index (χ3v) is 8.90. The van der Waals surface area contributed by atoms with Crippen molar-refractivity contribution in [1.29, 1.82) is 0 Å². The third kappa shape index (κ3) is 4.11. The quantitative estimate of drug-likeness (QED) is 0.472. The van der Waals surface area contributed by atoms with Gasteiger partial charge in [0.15, 0.2) is 0 Å². The number of aromatic nitrogens is 3. The topological polar surface area (TPSA) is 103 Å². The molecule has 0 bridgehead atoms. The Labute approximate surface area is 188 Å². The molecule has 0 spiro atoms. The summed E-state index contributed by atoms with van der Waals surface area (Å²) in [5.74, 6) is 0.507.